The second kappa shape index (κ2) is 8.03. The number of fused-ring (bicyclic) bond motifs is 1. The summed E-state index contributed by atoms with van der Waals surface area (Å²) in [7, 11) is 0. The van der Waals surface area contributed by atoms with Gasteiger partial charge in [0.25, 0.3) is 5.91 Å². The second-order valence-electron chi connectivity index (χ2n) is 8.01. The van der Waals surface area contributed by atoms with E-state index in [0.29, 0.717) is 37.6 Å². The third kappa shape index (κ3) is 3.68. The molecule has 162 valence electrons. The lowest BCUT2D eigenvalue weighted by molar-refractivity contribution is 0.0746. The Morgan fingerprint density at radius 2 is 1.72 bits per heavy atom. The number of piperazine rings is 1. The van der Waals surface area contributed by atoms with Crippen molar-refractivity contribution in [2.75, 3.05) is 31.1 Å². The Morgan fingerprint density at radius 1 is 0.969 bits per heavy atom. The largest absolute Gasteiger partial charge is 0.352 e. The number of anilines is 1. The number of benzene rings is 2. The van der Waals surface area contributed by atoms with Gasteiger partial charge in [0.15, 0.2) is 5.65 Å². The van der Waals surface area contributed by atoms with Gasteiger partial charge in [0, 0.05) is 31.7 Å². The number of hydrogen-bond donors (Lipinski definition) is 0. The molecule has 0 saturated carbocycles. The van der Waals surface area contributed by atoms with Gasteiger partial charge in [-0.05, 0) is 55.8 Å². The molecule has 1 saturated heterocycles. The van der Waals surface area contributed by atoms with Crippen LogP contribution >= 0.6 is 0 Å². The molecule has 1 aliphatic rings. The van der Waals surface area contributed by atoms with E-state index in [1.807, 2.05) is 42.9 Å². The number of nitrogens with zero attached hydrogens (tertiary/aromatic N) is 6. The molecule has 4 aromatic rings. The quantitative estimate of drug-likeness (QED) is 0.497. The molecule has 32 heavy (non-hydrogen) atoms. The van der Waals surface area contributed by atoms with Gasteiger partial charge in [-0.3, -0.25) is 4.79 Å². The van der Waals surface area contributed by atoms with Gasteiger partial charge in [0.05, 0.1) is 17.3 Å². The third-order valence-electron chi connectivity index (χ3n) is 5.72. The maximum Gasteiger partial charge on any atom is 0.253 e. The second-order valence-corrected chi connectivity index (χ2v) is 8.01. The van der Waals surface area contributed by atoms with Crippen molar-refractivity contribution in [3.8, 4) is 5.69 Å². The molecular formula is C24H23FN6O. The molecule has 0 aliphatic carbocycles. The zero-order chi connectivity index (χ0) is 22.2. The average Bonchev–Trinajstić information content (AvgIpc) is 3.22. The summed E-state index contributed by atoms with van der Waals surface area (Å²) in [6.07, 6.45) is 1.81. The van der Waals surface area contributed by atoms with E-state index in [-0.39, 0.29) is 11.7 Å². The van der Waals surface area contributed by atoms with E-state index in [9.17, 15) is 9.18 Å². The van der Waals surface area contributed by atoms with Crippen LogP contribution in [0.15, 0.2) is 54.7 Å². The minimum Gasteiger partial charge on any atom is -0.352 e. The third-order valence-corrected chi connectivity index (χ3v) is 5.72. The van der Waals surface area contributed by atoms with Crippen molar-refractivity contribution < 1.29 is 9.18 Å². The number of aromatic nitrogens is 4. The molecule has 3 heterocycles. The highest BCUT2D eigenvalue weighted by atomic mass is 19.1. The standard InChI is InChI=1S/C24H23FN6O/c1-16-4-3-5-20(14-16)31-23-21(15-26-31)22(27-17(2)28-23)29-10-12-30(13-11-29)24(32)18-6-8-19(25)9-7-18/h3-9,14-15H,10-13H2,1-2H3. The molecule has 7 nitrogen and oxygen atoms in total. The van der Waals surface area contributed by atoms with Crippen molar-refractivity contribution in [3.05, 3.63) is 77.5 Å². The maximum atomic E-state index is 13.2. The van der Waals surface area contributed by atoms with Crippen molar-refractivity contribution in [2.24, 2.45) is 0 Å². The van der Waals surface area contributed by atoms with Gasteiger partial charge in [0.2, 0.25) is 0 Å². The monoisotopic (exact) mass is 430 g/mol. The molecule has 1 aliphatic heterocycles. The van der Waals surface area contributed by atoms with Crippen LogP contribution in [-0.4, -0.2) is 56.7 Å². The van der Waals surface area contributed by atoms with Crippen molar-refractivity contribution in [1.82, 2.24) is 24.6 Å². The van der Waals surface area contributed by atoms with Gasteiger partial charge in [-0.1, -0.05) is 12.1 Å². The lowest BCUT2D eigenvalue weighted by atomic mass is 10.1. The molecule has 5 rings (SSSR count). The molecule has 0 atom stereocenters. The van der Waals surface area contributed by atoms with Crippen LogP contribution in [0.2, 0.25) is 0 Å². The molecule has 8 heteroatoms. The molecule has 0 bridgehead atoms. The van der Waals surface area contributed by atoms with E-state index >= 15 is 0 Å². The summed E-state index contributed by atoms with van der Waals surface area (Å²) in [5.74, 6) is 1.08. The number of rotatable bonds is 3. The van der Waals surface area contributed by atoms with E-state index in [0.717, 1.165) is 28.1 Å². The Morgan fingerprint density at radius 3 is 2.44 bits per heavy atom. The minimum absolute atomic E-state index is 0.0825. The zero-order valence-corrected chi connectivity index (χ0v) is 18.0. The number of aryl methyl sites for hydroxylation is 2. The van der Waals surface area contributed by atoms with Crippen molar-refractivity contribution in [2.45, 2.75) is 13.8 Å². The summed E-state index contributed by atoms with van der Waals surface area (Å²) < 4.78 is 15.0. The van der Waals surface area contributed by atoms with E-state index in [1.54, 1.807) is 4.90 Å². The molecule has 1 amide bonds. The molecule has 0 radical (unpaired) electrons. The number of carbonyl (C=O) groups is 1. The van der Waals surface area contributed by atoms with Gasteiger partial charge in [-0.2, -0.15) is 5.10 Å². The van der Waals surface area contributed by atoms with E-state index < -0.39 is 0 Å². The normalized spacial score (nSPS) is 14.2. The van der Waals surface area contributed by atoms with Crippen LogP contribution in [0.25, 0.3) is 16.7 Å². The maximum absolute atomic E-state index is 13.2. The van der Waals surface area contributed by atoms with Crippen LogP contribution in [0.5, 0.6) is 0 Å². The molecule has 0 unspecified atom stereocenters. The van der Waals surface area contributed by atoms with E-state index in [1.165, 1.54) is 24.3 Å². The molecule has 0 N–H and O–H groups in total. The predicted molar refractivity (Wildman–Crippen MR) is 121 cm³/mol. The highest BCUT2D eigenvalue weighted by molar-refractivity contribution is 5.94. The summed E-state index contributed by atoms with van der Waals surface area (Å²) in [4.78, 5) is 26.1. The van der Waals surface area contributed by atoms with Crippen LogP contribution in [0.3, 0.4) is 0 Å². The SMILES string of the molecule is Cc1cccc(-n2ncc3c(N4CCN(C(=O)c5ccc(F)cc5)CC4)nc(C)nc32)c1. The fourth-order valence-electron chi connectivity index (χ4n) is 4.09. The van der Waals surface area contributed by atoms with Gasteiger partial charge in [-0.25, -0.2) is 19.0 Å². The predicted octanol–water partition coefficient (Wildman–Crippen LogP) is 3.53. The first-order chi connectivity index (χ1) is 15.5. The first-order valence-corrected chi connectivity index (χ1v) is 10.6. The van der Waals surface area contributed by atoms with Crippen LogP contribution in [-0.2, 0) is 0 Å². The molecule has 0 spiro atoms. The molecular weight excluding hydrogens is 407 g/mol. The minimum atomic E-state index is -0.347. The highest BCUT2D eigenvalue weighted by Gasteiger charge is 2.25. The topological polar surface area (TPSA) is 67.2 Å². The molecule has 2 aromatic carbocycles. The molecule has 2 aromatic heterocycles. The Kier molecular flexibility index (Phi) is 5.05. The number of halogens is 1. The Hall–Kier alpha value is -3.81. The smallest absolute Gasteiger partial charge is 0.253 e. The molecule has 1 fully saturated rings. The fraction of sp³-hybridized carbons (Fsp3) is 0.250. The van der Waals surface area contributed by atoms with E-state index in [4.69, 9.17) is 4.98 Å². The Bertz CT molecular complexity index is 1290. The van der Waals surface area contributed by atoms with Crippen LogP contribution in [0.4, 0.5) is 10.2 Å². The summed E-state index contributed by atoms with van der Waals surface area (Å²) in [6, 6.07) is 13.8. The van der Waals surface area contributed by atoms with Gasteiger partial charge < -0.3 is 9.80 Å². The average molecular weight is 430 g/mol. The number of hydrogen-bond acceptors (Lipinski definition) is 5. The van der Waals surface area contributed by atoms with Crippen LogP contribution in [0.1, 0.15) is 21.7 Å². The summed E-state index contributed by atoms with van der Waals surface area (Å²) in [5.41, 5.74) is 3.38. The number of carbonyl (C=O) groups excluding carboxylic acids is 1. The first-order valence-electron chi connectivity index (χ1n) is 10.6. The Labute approximate surface area is 185 Å². The van der Waals surface area contributed by atoms with Crippen LogP contribution < -0.4 is 4.90 Å². The van der Waals surface area contributed by atoms with Gasteiger partial charge >= 0.3 is 0 Å². The van der Waals surface area contributed by atoms with Crippen LogP contribution in [0, 0.1) is 19.7 Å². The lowest BCUT2D eigenvalue weighted by Crippen LogP contribution is -2.49. The highest BCUT2D eigenvalue weighted by Crippen LogP contribution is 2.27. The number of amides is 1. The van der Waals surface area contributed by atoms with Crippen molar-refractivity contribution in [1.29, 1.82) is 0 Å². The zero-order valence-electron chi connectivity index (χ0n) is 18.0. The van der Waals surface area contributed by atoms with Gasteiger partial charge in [0.1, 0.15) is 17.5 Å². The summed E-state index contributed by atoms with van der Waals surface area (Å²) in [6.45, 7) is 6.35. The van der Waals surface area contributed by atoms with Crippen molar-refractivity contribution in [3.63, 3.8) is 0 Å². The van der Waals surface area contributed by atoms with Gasteiger partial charge in [-0.15, -0.1) is 0 Å². The first kappa shape index (κ1) is 20.1. The van der Waals surface area contributed by atoms with Crippen molar-refractivity contribution >= 4 is 22.8 Å². The van der Waals surface area contributed by atoms with E-state index in [2.05, 4.69) is 21.0 Å². The summed E-state index contributed by atoms with van der Waals surface area (Å²) in [5, 5.41) is 5.47. The summed E-state index contributed by atoms with van der Waals surface area (Å²) >= 11 is 0. The lowest BCUT2D eigenvalue weighted by Gasteiger charge is -2.35. The fourth-order valence-corrected chi connectivity index (χ4v) is 4.09. The Balaban J connectivity index is 1.40.